The maximum absolute atomic E-state index is 7.65. The molecule has 17 aromatic carbocycles. The summed E-state index contributed by atoms with van der Waals surface area (Å²) in [4.78, 5) is 12.9. The van der Waals surface area contributed by atoms with Crippen LogP contribution in [0.25, 0.3) is 82.8 Å². The number of fused-ring (bicyclic) bond motifs is 17. The Morgan fingerprint density at radius 2 is 0.637 bits per heavy atom. The van der Waals surface area contributed by atoms with Crippen molar-refractivity contribution in [2.75, 3.05) is 24.5 Å². The molecule has 0 unspecified atom stereocenters. The Labute approximate surface area is 666 Å². The number of hydrogen-bond donors (Lipinski definition) is 0. The summed E-state index contributed by atoms with van der Waals surface area (Å²) in [5, 5.41) is 7.44. The van der Waals surface area contributed by atoms with Crippen LogP contribution in [-0.2, 0) is 0 Å². The smallest absolute Gasteiger partial charge is 0.256 e. The first-order chi connectivity index (χ1) is 56.1. The molecule has 113 heavy (non-hydrogen) atoms. The lowest BCUT2D eigenvalue weighted by molar-refractivity contribution is 0.487. The molecule has 4 aliphatic rings. The fourth-order valence-corrected chi connectivity index (χ4v) is 22.6. The number of ether oxygens (including phenoxy) is 1. The first kappa shape index (κ1) is 64.2. The molecule has 0 spiro atoms. The van der Waals surface area contributed by atoms with Crippen LogP contribution < -0.4 is 62.0 Å². The molecule has 0 saturated heterocycles. The van der Waals surface area contributed by atoms with E-state index in [2.05, 4.69) is 407 Å². The molecule has 0 bridgehead atoms. The molecule has 0 radical (unpaired) electrons. The second kappa shape index (κ2) is 25.4. The number of nitrogens with zero attached hydrogens (tertiary/aromatic N) is 5. The SMILES string of the molecule is c1ccc(-c2cccc(-c3ccccc3)c2N2c3cc4c(cc3B3c5ccccc5N(c5cccc6c5sc5ccccc56)c5cc(N(c6ccccc6)c6ccccc6)cc2c53)B2c3ccccc3Oc3cc(N(c5ccccc5)c5cccc6c5sc5ccccc56)cc(c32)N4c2cccc3c2sc2ccccc23)cc1. The Hall–Kier alpha value is -13.7. The fourth-order valence-electron chi connectivity index (χ4n) is 18.9. The van der Waals surface area contributed by atoms with Gasteiger partial charge in [0, 0.05) is 115 Å². The zero-order valence-electron chi connectivity index (χ0n) is 60.9. The van der Waals surface area contributed by atoms with E-state index in [0.717, 1.165) is 130 Å². The maximum atomic E-state index is 7.65. The Balaban J connectivity index is 0.862. The first-order valence-electron chi connectivity index (χ1n) is 38.6. The van der Waals surface area contributed by atoms with E-state index in [4.69, 9.17) is 4.74 Å². The van der Waals surface area contributed by atoms with E-state index in [1.54, 1.807) is 0 Å². The van der Waals surface area contributed by atoms with Crippen LogP contribution in [0.4, 0.5) is 85.3 Å². The molecule has 0 aliphatic carbocycles. The number of thiophene rings is 3. The van der Waals surface area contributed by atoms with Crippen LogP contribution in [0.15, 0.2) is 382 Å². The van der Waals surface area contributed by atoms with Gasteiger partial charge in [-0.1, -0.05) is 267 Å². The normalized spacial score (nSPS) is 12.9. The molecule has 526 valence electrons. The van der Waals surface area contributed by atoms with Gasteiger partial charge in [-0.15, -0.1) is 34.0 Å². The summed E-state index contributed by atoms with van der Waals surface area (Å²) in [6, 6.07) is 143. The average Bonchev–Trinajstić information content (AvgIpc) is 1.07. The summed E-state index contributed by atoms with van der Waals surface area (Å²) in [7, 11) is 0. The van der Waals surface area contributed by atoms with Gasteiger partial charge in [0.1, 0.15) is 11.5 Å². The van der Waals surface area contributed by atoms with E-state index in [-0.39, 0.29) is 13.4 Å². The van der Waals surface area contributed by atoms with Crippen molar-refractivity contribution in [3.05, 3.63) is 382 Å². The van der Waals surface area contributed by atoms with E-state index < -0.39 is 0 Å². The van der Waals surface area contributed by atoms with Crippen molar-refractivity contribution in [1.29, 1.82) is 0 Å². The molecule has 3 aromatic heterocycles. The van der Waals surface area contributed by atoms with Gasteiger partial charge in [0.15, 0.2) is 0 Å². The highest BCUT2D eigenvalue weighted by atomic mass is 32.1. The largest absolute Gasteiger partial charge is 0.458 e. The predicted molar refractivity (Wildman–Crippen MR) is 485 cm³/mol. The molecule has 0 saturated carbocycles. The summed E-state index contributed by atoms with van der Waals surface area (Å²) in [5.41, 5.74) is 27.7. The lowest BCUT2D eigenvalue weighted by Crippen LogP contribution is -2.64. The minimum Gasteiger partial charge on any atom is -0.458 e. The predicted octanol–water partition coefficient (Wildman–Crippen LogP) is 25.6. The highest BCUT2D eigenvalue weighted by molar-refractivity contribution is 7.27. The molecule has 0 atom stereocenters. The highest BCUT2D eigenvalue weighted by Gasteiger charge is 2.50. The Bertz CT molecular complexity index is 7200. The van der Waals surface area contributed by atoms with Gasteiger partial charge in [-0.25, -0.2) is 0 Å². The van der Waals surface area contributed by atoms with Gasteiger partial charge in [-0.05, 0) is 153 Å². The molecule has 6 nitrogen and oxygen atoms in total. The topological polar surface area (TPSA) is 25.4 Å². The van der Waals surface area contributed by atoms with Crippen molar-refractivity contribution in [2.45, 2.75) is 0 Å². The summed E-state index contributed by atoms with van der Waals surface area (Å²) < 4.78 is 15.1. The molecule has 7 heterocycles. The van der Waals surface area contributed by atoms with E-state index in [0.29, 0.717) is 0 Å². The van der Waals surface area contributed by atoms with Gasteiger partial charge >= 0.3 is 0 Å². The molecule has 20 aromatic rings. The number of benzene rings is 17. The Morgan fingerprint density at radius 1 is 0.239 bits per heavy atom. The quantitative estimate of drug-likeness (QED) is 0.120. The molecule has 24 rings (SSSR count). The fraction of sp³-hybridized carbons (Fsp3) is 0. The highest BCUT2D eigenvalue weighted by Crippen LogP contribution is 2.57. The number of hydrogen-bond acceptors (Lipinski definition) is 9. The third-order valence-electron chi connectivity index (χ3n) is 23.6. The van der Waals surface area contributed by atoms with Gasteiger partial charge in [-0.2, -0.15) is 0 Å². The van der Waals surface area contributed by atoms with Gasteiger partial charge in [-0.3, -0.25) is 0 Å². The minimum atomic E-state index is -0.292. The van der Waals surface area contributed by atoms with Crippen LogP contribution in [0, 0.1) is 0 Å². The Kier molecular flexibility index (Phi) is 14.5. The second-order valence-electron chi connectivity index (χ2n) is 29.7. The van der Waals surface area contributed by atoms with Crippen LogP contribution in [-0.4, -0.2) is 13.4 Å². The molecule has 0 fully saturated rings. The van der Waals surface area contributed by atoms with Crippen LogP contribution >= 0.6 is 34.0 Å². The van der Waals surface area contributed by atoms with Crippen molar-refractivity contribution >= 4 is 226 Å². The molecule has 11 heteroatoms. The molecule has 0 amide bonds. The van der Waals surface area contributed by atoms with Gasteiger partial charge in [0.2, 0.25) is 0 Å². The Morgan fingerprint density at radius 3 is 1.21 bits per heavy atom. The van der Waals surface area contributed by atoms with Crippen molar-refractivity contribution in [1.82, 2.24) is 0 Å². The van der Waals surface area contributed by atoms with Gasteiger partial charge in [0.25, 0.3) is 13.4 Å². The summed E-state index contributed by atoms with van der Waals surface area (Å²) in [5.74, 6) is 1.67. The number of para-hydroxylation sites is 6. The molecule has 4 aliphatic heterocycles. The summed E-state index contributed by atoms with van der Waals surface area (Å²) in [6.07, 6.45) is 0. The molecular formula is C102H63B2N5OS3. The zero-order chi connectivity index (χ0) is 73.9. The van der Waals surface area contributed by atoms with Crippen molar-refractivity contribution in [3.63, 3.8) is 0 Å². The van der Waals surface area contributed by atoms with Gasteiger partial charge < -0.3 is 29.2 Å². The second-order valence-corrected chi connectivity index (χ2v) is 32.8. The molecule has 0 N–H and O–H groups in total. The van der Waals surface area contributed by atoms with E-state index in [1.165, 1.54) is 82.4 Å². The number of rotatable bonds is 11. The monoisotopic (exact) mass is 1490 g/mol. The standard InChI is InChI=1S/C102H63B2N5OS3/c1-6-30-64(31-7-1)71-43-26-44-72(65-32-8-2-9-33-65)99(71)109-88-63-87-81(62-82(88)103-79-48-19-21-50-83(79)107(85-52-28-46-77-74-41-17-24-56-95(74)112-101(77)85)89-58-69(59-90(109)97(89)103)105(66-34-10-3-11-35-66)67-36-12-4-13-37-67)104-80-49-20-22-54-92(80)110-93-61-70(60-91(98(93)104)108(87)86-53-29-47-78-75-42-18-25-57-96(75)113-102(78)86)106(68-38-14-5-15-39-68)84-51-27-45-76-73-40-16-23-55-94(73)111-100(76)84/h1-63H. The van der Waals surface area contributed by atoms with Crippen molar-refractivity contribution in [3.8, 4) is 33.8 Å². The van der Waals surface area contributed by atoms with Crippen LogP contribution in [0.3, 0.4) is 0 Å². The van der Waals surface area contributed by atoms with Crippen LogP contribution in [0.5, 0.6) is 11.5 Å². The average molecular weight is 1490 g/mol. The summed E-state index contributed by atoms with van der Waals surface area (Å²) in [6.45, 7) is -0.577. The lowest BCUT2D eigenvalue weighted by Gasteiger charge is -2.47. The maximum Gasteiger partial charge on any atom is 0.256 e. The lowest BCUT2D eigenvalue weighted by atomic mass is 9.30. The van der Waals surface area contributed by atoms with E-state index >= 15 is 0 Å². The third-order valence-corrected chi connectivity index (χ3v) is 27.2. The summed E-state index contributed by atoms with van der Waals surface area (Å²) >= 11 is 5.61. The van der Waals surface area contributed by atoms with Gasteiger partial charge in [0.05, 0.1) is 48.2 Å². The number of anilines is 15. The van der Waals surface area contributed by atoms with Crippen LogP contribution in [0.1, 0.15) is 0 Å². The molecular weight excluding hydrogens is 1430 g/mol. The third kappa shape index (κ3) is 9.79. The zero-order valence-corrected chi connectivity index (χ0v) is 63.3. The first-order valence-corrected chi connectivity index (χ1v) is 41.0. The van der Waals surface area contributed by atoms with E-state index in [9.17, 15) is 0 Å². The minimum absolute atomic E-state index is 0.284. The van der Waals surface area contributed by atoms with Crippen molar-refractivity contribution < 1.29 is 4.74 Å². The van der Waals surface area contributed by atoms with Crippen LogP contribution in [0.2, 0.25) is 0 Å². The van der Waals surface area contributed by atoms with Crippen molar-refractivity contribution in [2.24, 2.45) is 0 Å². The van der Waals surface area contributed by atoms with E-state index in [1.807, 2.05) is 34.0 Å².